The SMILES string of the molecule is COc1ccc(N)c(-c2nc(-c3ccc(Br)cc3)no2)c1. The van der Waals surface area contributed by atoms with Crippen LogP contribution >= 0.6 is 15.9 Å². The molecule has 21 heavy (non-hydrogen) atoms. The highest BCUT2D eigenvalue weighted by molar-refractivity contribution is 9.10. The summed E-state index contributed by atoms with van der Waals surface area (Å²) in [6, 6.07) is 13.0. The van der Waals surface area contributed by atoms with Gasteiger partial charge in [0.2, 0.25) is 5.82 Å². The van der Waals surface area contributed by atoms with Crippen LogP contribution in [0.3, 0.4) is 0 Å². The van der Waals surface area contributed by atoms with Gasteiger partial charge in [-0.05, 0) is 42.5 Å². The first-order valence-corrected chi connectivity index (χ1v) is 7.00. The highest BCUT2D eigenvalue weighted by atomic mass is 79.9. The quantitative estimate of drug-likeness (QED) is 0.731. The van der Waals surface area contributed by atoms with Crippen molar-refractivity contribution in [3.63, 3.8) is 0 Å². The number of hydrogen-bond acceptors (Lipinski definition) is 5. The molecule has 5 nitrogen and oxygen atoms in total. The first kappa shape index (κ1) is 13.6. The second kappa shape index (κ2) is 5.57. The van der Waals surface area contributed by atoms with Crippen molar-refractivity contribution in [2.45, 2.75) is 0 Å². The third-order valence-corrected chi connectivity index (χ3v) is 3.55. The van der Waals surface area contributed by atoms with Gasteiger partial charge in [-0.25, -0.2) is 0 Å². The molecule has 106 valence electrons. The van der Waals surface area contributed by atoms with Gasteiger partial charge in [0.05, 0.1) is 12.7 Å². The topological polar surface area (TPSA) is 74.2 Å². The fourth-order valence-electron chi connectivity index (χ4n) is 1.90. The van der Waals surface area contributed by atoms with Crippen molar-refractivity contribution in [3.8, 4) is 28.6 Å². The van der Waals surface area contributed by atoms with Crippen LogP contribution in [0.1, 0.15) is 0 Å². The average Bonchev–Trinajstić information content (AvgIpc) is 2.98. The highest BCUT2D eigenvalue weighted by Crippen LogP contribution is 2.30. The molecule has 6 heteroatoms. The molecule has 0 radical (unpaired) electrons. The van der Waals surface area contributed by atoms with E-state index in [1.165, 1.54) is 0 Å². The summed E-state index contributed by atoms with van der Waals surface area (Å²) in [4.78, 5) is 4.39. The van der Waals surface area contributed by atoms with E-state index in [4.69, 9.17) is 15.0 Å². The molecule has 0 saturated heterocycles. The number of rotatable bonds is 3. The Morgan fingerprint density at radius 1 is 1.14 bits per heavy atom. The number of nitrogens with zero attached hydrogens (tertiary/aromatic N) is 2. The second-order valence-electron chi connectivity index (χ2n) is 4.38. The van der Waals surface area contributed by atoms with Gasteiger partial charge < -0.3 is 15.0 Å². The van der Waals surface area contributed by atoms with Gasteiger partial charge in [-0.15, -0.1) is 0 Å². The third kappa shape index (κ3) is 2.75. The number of aromatic nitrogens is 2. The van der Waals surface area contributed by atoms with Crippen molar-refractivity contribution in [2.24, 2.45) is 0 Å². The van der Waals surface area contributed by atoms with Crippen LogP contribution in [0.25, 0.3) is 22.8 Å². The molecule has 0 fully saturated rings. The Morgan fingerprint density at radius 2 is 1.90 bits per heavy atom. The van der Waals surface area contributed by atoms with Gasteiger partial charge in [-0.2, -0.15) is 4.98 Å². The predicted octanol–water partition coefficient (Wildman–Crippen LogP) is 3.76. The molecule has 0 aliphatic rings. The van der Waals surface area contributed by atoms with Crippen LogP contribution in [0.5, 0.6) is 5.75 Å². The standard InChI is InChI=1S/C15H12BrN3O2/c1-20-11-6-7-13(17)12(8-11)15-18-14(19-21-15)9-2-4-10(16)5-3-9/h2-8H,17H2,1H3. The molecule has 0 spiro atoms. The summed E-state index contributed by atoms with van der Waals surface area (Å²) >= 11 is 3.39. The minimum atomic E-state index is 0.365. The van der Waals surface area contributed by atoms with Gasteiger partial charge in [-0.1, -0.05) is 21.1 Å². The lowest BCUT2D eigenvalue weighted by molar-refractivity contribution is 0.413. The Morgan fingerprint density at radius 3 is 2.62 bits per heavy atom. The molecular weight excluding hydrogens is 334 g/mol. The normalized spacial score (nSPS) is 10.6. The summed E-state index contributed by atoms with van der Waals surface area (Å²) in [5.74, 6) is 1.56. The largest absolute Gasteiger partial charge is 0.497 e. The zero-order valence-corrected chi connectivity index (χ0v) is 12.8. The molecule has 0 amide bonds. The van der Waals surface area contributed by atoms with Crippen LogP contribution < -0.4 is 10.5 Å². The fourth-order valence-corrected chi connectivity index (χ4v) is 2.16. The van der Waals surface area contributed by atoms with E-state index in [9.17, 15) is 0 Å². The van der Waals surface area contributed by atoms with Crippen LogP contribution in [-0.4, -0.2) is 17.3 Å². The van der Waals surface area contributed by atoms with Gasteiger partial charge in [0.1, 0.15) is 5.75 Å². The molecule has 3 aromatic rings. The Kier molecular flexibility index (Phi) is 3.62. The molecule has 0 atom stereocenters. The van der Waals surface area contributed by atoms with Crippen molar-refractivity contribution in [3.05, 3.63) is 46.9 Å². The number of methoxy groups -OCH3 is 1. The van der Waals surface area contributed by atoms with Gasteiger partial charge in [0.25, 0.3) is 5.89 Å². The van der Waals surface area contributed by atoms with E-state index in [1.807, 2.05) is 24.3 Å². The molecule has 0 aliphatic carbocycles. The summed E-state index contributed by atoms with van der Waals surface area (Å²) in [5.41, 5.74) is 8.04. The summed E-state index contributed by atoms with van der Waals surface area (Å²) < 4.78 is 11.5. The summed E-state index contributed by atoms with van der Waals surface area (Å²) in [7, 11) is 1.59. The van der Waals surface area contributed by atoms with E-state index in [0.717, 1.165) is 10.0 Å². The van der Waals surface area contributed by atoms with Gasteiger partial charge in [0, 0.05) is 15.7 Å². The van der Waals surface area contributed by atoms with E-state index in [2.05, 4.69) is 26.1 Å². The van der Waals surface area contributed by atoms with E-state index in [1.54, 1.807) is 25.3 Å². The Bertz CT molecular complexity index is 769. The Balaban J connectivity index is 2.00. The minimum absolute atomic E-state index is 0.365. The smallest absolute Gasteiger partial charge is 0.260 e. The van der Waals surface area contributed by atoms with Gasteiger partial charge in [0.15, 0.2) is 0 Å². The van der Waals surface area contributed by atoms with E-state index >= 15 is 0 Å². The maximum atomic E-state index is 5.95. The first-order chi connectivity index (χ1) is 10.2. The summed E-state index contributed by atoms with van der Waals surface area (Å²) in [6.45, 7) is 0. The highest BCUT2D eigenvalue weighted by Gasteiger charge is 2.14. The molecule has 1 aromatic heterocycles. The van der Waals surface area contributed by atoms with Crippen LogP contribution in [0.15, 0.2) is 51.5 Å². The lowest BCUT2D eigenvalue weighted by atomic mass is 10.1. The van der Waals surface area contributed by atoms with Crippen molar-refractivity contribution >= 4 is 21.6 Å². The van der Waals surface area contributed by atoms with E-state index in [-0.39, 0.29) is 0 Å². The van der Waals surface area contributed by atoms with Crippen molar-refractivity contribution in [2.75, 3.05) is 12.8 Å². The van der Waals surface area contributed by atoms with Crippen LogP contribution in [0.2, 0.25) is 0 Å². The molecule has 0 unspecified atom stereocenters. The third-order valence-electron chi connectivity index (χ3n) is 3.02. The number of hydrogen-bond donors (Lipinski definition) is 1. The molecule has 0 bridgehead atoms. The lowest BCUT2D eigenvalue weighted by Crippen LogP contribution is -1.92. The molecule has 3 rings (SSSR count). The molecule has 0 aliphatic heterocycles. The van der Waals surface area contributed by atoms with Crippen LogP contribution in [-0.2, 0) is 0 Å². The fraction of sp³-hybridized carbons (Fsp3) is 0.0667. The van der Waals surface area contributed by atoms with Crippen molar-refractivity contribution in [1.82, 2.24) is 10.1 Å². The molecule has 0 saturated carbocycles. The molecule has 1 heterocycles. The molecule has 2 N–H and O–H groups in total. The number of anilines is 1. The lowest BCUT2D eigenvalue weighted by Gasteiger charge is -2.03. The minimum Gasteiger partial charge on any atom is -0.497 e. The van der Waals surface area contributed by atoms with E-state index < -0.39 is 0 Å². The molecule has 2 aromatic carbocycles. The number of ether oxygens (including phenoxy) is 1. The number of nitrogen functional groups attached to an aromatic ring is 1. The van der Waals surface area contributed by atoms with Crippen molar-refractivity contribution in [1.29, 1.82) is 0 Å². The van der Waals surface area contributed by atoms with E-state index in [0.29, 0.717) is 28.7 Å². The number of benzene rings is 2. The van der Waals surface area contributed by atoms with Gasteiger partial charge in [-0.3, -0.25) is 0 Å². The van der Waals surface area contributed by atoms with Crippen LogP contribution in [0.4, 0.5) is 5.69 Å². The maximum Gasteiger partial charge on any atom is 0.260 e. The first-order valence-electron chi connectivity index (χ1n) is 6.21. The Labute approximate surface area is 129 Å². The summed E-state index contributed by atoms with van der Waals surface area (Å²) in [6.07, 6.45) is 0. The van der Waals surface area contributed by atoms with Crippen molar-refractivity contribution < 1.29 is 9.26 Å². The number of nitrogens with two attached hydrogens (primary N) is 1. The Hall–Kier alpha value is -2.34. The average molecular weight is 346 g/mol. The summed E-state index contributed by atoms with van der Waals surface area (Å²) in [5, 5.41) is 3.99. The zero-order chi connectivity index (χ0) is 14.8. The second-order valence-corrected chi connectivity index (χ2v) is 5.30. The monoisotopic (exact) mass is 345 g/mol. The molecular formula is C15H12BrN3O2. The number of halogens is 1. The van der Waals surface area contributed by atoms with Gasteiger partial charge >= 0.3 is 0 Å². The zero-order valence-electron chi connectivity index (χ0n) is 11.2. The van der Waals surface area contributed by atoms with Crippen LogP contribution in [0, 0.1) is 0 Å². The predicted molar refractivity (Wildman–Crippen MR) is 83.8 cm³/mol. The maximum absolute atomic E-state index is 5.95.